The predicted molar refractivity (Wildman–Crippen MR) is 118 cm³/mol. The van der Waals surface area contributed by atoms with Gasteiger partial charge in [0, 0.05) is 44.2 Å². The molecule has 9 heteroatoms. The van der Waals surface area contributed by atoms with E-state index >= 15 is 0 Å². The highest BCUT2D eigenvalue weighted by molar-refractivity contribution is 6.07. The molecule has 0 spiro atoms. The number of hydrogen-bond acceptors (Lipinski definition) is 6. The largest absolute Gasteiger partial charge is 0.395 e. The van der Waals surface area contributed by atoms with Crippen molar-refractivity contribution in [2.24, 2.45) is 7.05 Å². The first-order valence-electron chi connectivity index (χ1n) is 10.0. The Labute approximate surface area is 179 Å². The van der Waals surface area contributed by atoms with E-state index in [0.29, 0.717) is 24.5 Å². The van der Waals surface area contributed by atoms with Gasteiger partial charge in [0.05, 0.1) is 35.8 Å². The number of imidazole rings is 1. The van der Waals surface area contributed by atoms with Crippen molar-refractivity contribution in [1.29, 1.82) is 5.26 Å². The fourth-order valence-corrected chi connectivity index (χ4v) is 3.84. The first kappa shape index (κ1) is 20.8. The van der Waals surface area contributed by atoms with Crippen molar-refractivity contribution in [3.05, 3.63) is 42.0 Å². The van der Waals surface area contributed by atoms with Crippen molar-refractivity contribution in [1.82, 2.24) is 24.4 Å². The van der Waals surface area contributed by atoms with Gasteiger partial charge in [-0.15, -0.1) is 0 Å². The van der Waals surface area contributed by atoms with Crippen molar-refractivity contribution >= 4 is 27.9 Å². The number of nitriles is 1. The molecule has 31 heavy (non-hydrogen) atoms. The predicted octanol–water partition coefficient (Wildman–Crippen LogP) is 2.61. The molecule has 0 aliphatic heterocycles. The third-order valence-corrected chi connectivity index (χ3v) is 5.36. The number of nitrogens with zero attached hydrogens (tertiary/aromatic N) is 5. The van der Waals surface area contributed by atoms with Crippen LogP contribution in [0.4, 0.5) is 10.2 Å². The number of hydrogen-bond donors (Lipinski definition) is 3. The summed E-state index contributed by atoms with van der Waals surface area (Å²) in [5.41, 5.74) is 4.02. The van der Waals surface area contributed by atoms with E-state index < -0.39 is 5.82 Å². The molecule has 0 saturated heterocycles. The van der Waals surface area contributed by atoms with E-state index in [9.17, 15) is 14.8 Å². The highest BCUT2D eigenvalue weighted by Gasteiger charge is 2.20. The SMILES string of the molecule is CNc1nc2c(cc(-c3cc(F)cc(C#N)c3)n2CCN[C@@H](C)CO)c2c1ncn2C. The first-order chi connectivity index (χ1) is 15.0. The lowest BCUT2D eigenvalue weighted by atomic mass is 10.1. The zero-order chi connectivity index (χ0) is 22.1. The molecule has 0 fully saturated rings. The van der Waals surface area contributed by atoms with Gasteiger partial charge in [0.25, 0.3) is 0 Å². The van der Waals surface area contributed by atoms with Gasteiger partial charge in [0.1, 0.15) is 17.0 Å². The zero-order valence-corrected chi connectivity index (χ0v) is 17.6. The molecule has 0 radical (unpaired) electrons. The van der Waals surface area contributed by atoms with Crippen LogP contribution in [0.3, 0.4) is 0 Å². The Balaban J connectivity index is 1.96. The van der Waals surface area contributed by atoms with Crippen molar-refractivity contribution in [2.45, 2.75) is 19.5 Å². The van der Waals surface area contributed by atoms with E-state index in [-0.39, 0.29) is 18.2 Å². The summed E-state index contributed by atoms with van der Waals surface area (Å²) in [6.07, 6.45) is 1.74. The third kappa shape index (κ3) is 3.71. The van der Waals surface area contributed by atoms with Crippen LogP contribution < -0.4 is 10.6 Å². The average molecular weight is 421 g/mol. The highest BCUT2D eigenvalue weighted by atomic mass is 19.1. The van der Waals surface area contributed by atoms with Crippen LogP contribution >= 0.6 is 0 Å². The number of aliphatic hydroxyl groups is 1. The quantitative estimate of drug-likeness (QED) is 0.424. The van der Waals surface area contributed by atoms with Crippen LogP contribution in [-0.4, -0.2) is 50.4 Å². The molecule has 3 aromatic heterocycles. The minimum Gasteiger partial charge on any atom is -0.395 e. The number of halogens is 1. The average Bonchev–Trinajstić information content (AvgIpc) is 3.33. The smallest absolute Gasteiger partial charge is 0.156 e. The molecule has 0 aliphatic rings. The summed E-state index contributed by atoms with van der Waals surface area (Å²) in [4.78, 5) is 9.28. The van der Waals surface area contributed by atoms with E-state index in [2.05, 4.69) is 15.6 Å². The Morgan fingerprint density at radius 3 is 2.81 bits per heavy atom. The molecular weight excluding hydrogens is 397 g/mol. The van der Waals surface area contributed by atoms with E-state index in [0.717, 1.165) is 27.8 Å². The standard InChI is InChI=1S/C22H24FN7O/c1-13(11-31)26-4-5-30-18(15-6-14(10-24)7-16(23)8-15)9-17-20-19(27-12-29(20)3)21(25-2)28-22(17)30/h6-9,12-13,26,31H,4-5,11H2,1-3H3,(H,25,28)/t13-/m0/s1. The van der Waals surface area contributed by atoms with Crippen LogP contribution in [-0.2, 0) is 13.6 Å². The van der Waals surface area contributed by atoms with Gasteiger partial charge in [-0.3, -0.25) is 0 Å². The summed E-state index contributed by atoms with van der Waals surface area (Å²) in [5, 5.41) is 25.9. The second-order valence-corrected chi connectivity index (χ2v) is 7.56. The highest BCUT2D eigenvalue weighted by Crippen LogP contribution is 2.34. The number of aromatic nitrogens is 4. The topological polar surface area (TPSA) is 104 Å². The summed E-state index contributed by atoms with van der Waals surface area (Å²) < 4.78 is 18.2. The molecule has 160 valence electrons. The second kappa shape index (κ2) is 8.34. The van der Waals surface area contributed by atoms with Crippen LogP contribution in [0.15, 0.2) is 30.6 Å². The molecule has 0 saturated carbocycles. The van der Waals surface area contributed by atoms with Gasteiger partial charge in [0.2, 0.25) is 0 Å². The van der Waals surface area contributed by atoms with Gasteiger partial charge in [-0.25, -0.2) is 14.4 Å². The first-order valence-corrected chi connectivity index (χ1v) is 10.0. The Morgan fingerprint density at radius 2 is 2.10 bits per heavy atom. The molecule has 0 unspecified atom stereocenters. The number of pyridine rings is 1. The minimum absolute atomic E-state index is 0.0342. The molecule has 4 rings (SSSR count). The number of benzene rings is 1. The molecule has 3 heterocycles. The molecule has 0 aliphatic carbocycles. The number of anilines is 1. The summed E-state index contributed by atoms with van der Waals surface area (Å²) >= 11 is 0. The fourth-order valence-electron chi connectivity index (χ4n) is 3.84. The van der Waals surface area contributed by atoms with Crippen LogP contribution in [0.2, 0.25) is 0 Å². The second-order valence-electron chi connectivity index (χ2n) is 7.56. The molecule has 0 amide bonds. The maximum atomic E-state index is 14.2. The van der Waals surface area contributed by atoms with Gasteiger partial charge in [-0.2, -0.15) is 5.26 Å². The Kier molecular flexibility index (Phi) is 5.59. The van der Waals surface area contributed by atoms with E-state index in [1.165, 1.54) is 12.1 Å². The Bertz CT molecular complexity index is 1300. The fraction of sp³-hybridized carbons (Fsp3) is 0.318. The molecule has 8 nitrogen and oxygen atoms in total. The molecule has 0 bridgehead atoms. The van der Waals surface area contributed by atoms with Gasteiger partial charge in [-0.05, 0) is 31.2 Å². The van der Waals surface area contributed by atoms with Crippen molar-refractivity contribution in [2.75, 3.05) is 25.5 Å². The summed E-state index contributed by atoms with van der Waals surface area (Å²) in [6.45, 7) is 3.06. The summed E-state index contributed by atoms with van der Waals surface area (Å²) in [5.74, 6) is 0.190. The van der Waals surface area contributed by atoms with Crippen molar-refractivity contribution in [3.8, 4) is 17.3 Å². The van der Waals surface area contributed by atoms with E-state index in [1.54, 1.807) is 19.4 Å². The summed E-state index contributed by atoms with van der Waals surface area (Å²) in [6, 6.07) is 8.27. The molecule has 4 aromatic rings. The maximum absolute atomic E-state index is 14.2. The monoisotopic (exact) mass is 421 g/mol. The molecule has 3 N–H and O–H groups in total. The van der Waals surface area contributed by atoms with Crippen LogP contribution in [0, 0.1) is 17.1 Å². The normalized spacial score (nSPS) is 12.4. The number of rotatable bonds is 7. The van der Waals surface area contributed by atoms with Crippen LogP contribution in [0.5, 0.6) is 0 Å². The van der Waals surface area contributed by atoms with Gasteiger partial charge < -0.3 is 24.9 Å². The lowest BCUT2D eigenvalue weighted by Gasteiger charge is -2.15. The Morgan fingerprint density at radius 1 is 1.29 bits per heavy atom. The number of aryl methyl sites for hydroxylation is 1. The molecule has 1 aromatic carbocycles. The summed E-state index contributed by atoms with van der Waals surface area (Å²) in [7, 11) is 3.72. The van der Waals surface area contributed by atoms with E-state index in [1.807, 2.05) is 35.2 Å². The van der Waals surface area contributed by atoms with Gasteiger partial charge >= 0.3 is 0 Å². The number of aliphatic hydroxyl groups excluding tert-OH is 1. The van der Waals surface area contributed by atoms with Gasteiger partial charge in [0.15, 0.2) is 5.82 Å². The Hall–Kier alpha value is -3.48. The maximum Gasteiger partial charge on any atom is 0.156 e. The lowest BCUT2D eigenvalue weighted by molar-refractivity contribution is 0.251. The minimum atomic E-state index is -0.465. The number of nitrogens with one attached hydrogen (secondary N) is 2. The number of fused-ring (bicyclic) bond motifs is 3. The molecule has 1 atom stereocenters. The van der Waals surface area contributed by atoms with Crippen LogP contribution in [0.25, 0.3) is 33.3 Å². The molecular formula is C22H24FN7O. The van der Waals surface area contributed by atoms with E-state index in [4.69, 9.17) is 4.98 Å². The third-order valence-electron chi connectivity index (χ3n) is 5.36. The zero-order valence-electron chi connectivity index (χ0n) is 17.6. The van der Waals surface area contributed by atoms with Gasteiger partial charge in [-0.1, -0.05) is 0 Å². The van der Waals surface area contributed by atoms with Crippen LogP contribution in [0.1, 0.15) is 12.5 Å². The van der Waals surface area contributed by atoms with Crippen molar-refractivity contribution in [3.63, 3.8) is 0 Å². The van der Waals surface area contributed by atoms with Crippen molar-refractivity contribution < 1.29 is 9.50 Å². The lowest BCUT2D eigenvalue weighted by Crippen LogP contribution is -2.32.